The van der Waals surface area contributed by atoms with Gasteiger partial charge in [-0.05, 0) is 47.0 Å². The van der Waals surface area contributed by atoms with Crippen LogP contribution in [-0.4, -0.2) is 9.97 Å². The summed E-state index contributed by atoms with van der Waals surface area (Å²) in [5, 5.41) is 7.60. The molecule has 0 radical (unpaired) electrons. The molecule has 0 spiro atoms. The van der Waals surface area contributed by atoms with Crippen LogP contribution in [0.2, 0.25) is 0 Å². The van der Waals surface area contributed by atoms with Crippen LogP contribution in [0.5, 0.6) is 0 Å². The first-order chi connectivity index (χ1) is 8.72. The highest BCUT2D eigenvalue weighted by molar-refractivity contribution is 7.08. The summed E-state index contributed by atoms with van der Waals surface area (Å²) in [4.78, 5) is 7.68. The number of nitrogens with zero attached hydrogens (tertiary/aromatic N) is 1. The Morgan fingerprint density at radius 3 is 3.06 bits per heavy atom. The van der Waals surface area contributed by atoms with Gasteiger partial charge >= 0.3 is 0 Å². The highest BCUT2D eigenvalue weighted by atomic mass is 32.1. The number of anilines is 2. The fraction of sp³-hybridized carbons (Fsp3) is 0.154. The number of imidazole rings is 1. The molecule has 0 aliphatic heterocycles. The SMILES string of the molecule is Cc1cscc1CNc1nc2ccc(N)cc2[nH]1. The normalized spacial score (nSPS) is 10.9. The molecule has 18 heavy (non-hydrogen) atoms. The Morgan fingerprint density at radius 1 is 1.39 bits per heavy atom. The van der Waals surface area contributed by atoms with Gasteiger partial charge in [0.1, 0.15) is 0 Å². The highest BCUT2D eigenvalue weighted by Crippen LogP contribution is 2.19. The van der Waals surface area contributed by atoms with Crippen LogP contribution in [0.4, 0.5) is 11.6 Å². The predicted octanol–water partition coefficient (Wildman–Crippen LogP) is 3.13. The van der Waals surface area contributed by atoms with Crippen LogP contribution in [0, 0.1) is 6.92 Å². The number of nitrogens with one attached hydrogen (secondary N) is 2. The number of aromatic amines is 1. The van der Waals surface area contributed by atoms with E-state index in [9.17, 15) is 0 Å². The summed E-state index contributed by atoms with van der Waals surface area (Å²) in [5.41, 5.74) is 11.0. The molecule has 0 saturated heterocycles. The molecule has 0 unspecified atom stereocenters. The smallest absolute Gasteiger partial charge is 0.201 e. The summed E-state index contributed by atoms with van der Waals surface area (Å²) in [6.07, 6.45) is 0. The van der Waals surface area contributed by atoms with Crippen LogP contribution in [-0.2, 0) is 6.54 Å². The van der Waals surface area contributed by atoms with E-state index < -0.39 is 0 Å². The topological polar surface area (TPSA) is 66.7 Å². The van der Waals surface area contributed by atoms with Gasteiger partial charge in [0.25, 0.3) is 0 Å². The molecule has 0 atom stereocenters. The summed E-state index contributed by atoms with van der Waals surface area (Å²) in [7, 11) is 0. The third-order valence-corrected chi connectivity index (χ3v) is 3.82. The molecule has 0 fully saturated rings. The third kappa shape index (κ3) is 2.04. The molecule has 92 valence electrons. The minimum atomic E-state index is 0.742. The number of aryl methyl sites for hydroxylation is 1. The van der Waals surface area contributed by atoms with Crippen LogP contribution >= 0.6 is 11.3 Å². The maximum absolute atomic E-state index is 5.74. The third-order valence-electron chi connectivity index (χ3n) is 2.91. The van der Waals surface area contributed by atoms with E-state index in [-0.39, 0.29) is 0 Å². The van der Waals surface area contributed by atoms with Gasteiger partial charge in [-0.25, -0.2) is 4.98 Å². The van der Waals surface area contributed by atoms with Gasteiger partial charge in [-0.3, -0.25) is 0 Å². The maximum Gasteiger partial charge on any atom is 0.201 e. The second kappa shape index (κ2) is 4.34. The number of fused-ring (bicyclic) bond motifs is 1. The van der Waals surface area contributed by atoms with Gasteiger partial charge in [0.05, 0.1) is 11.0 Å². The van der Waals surface area contributed by atoms with Crippen LogP contribution in [0.15, 0.2) is 29.0 Å². The van der Waals surface area contributed by atoms with E-state index >= 15 is 0 Å². The highest BCUT2D eigenvalue weighted by Gasteiger charge is 2.04. The molecule has 0 aliphatic rings. The van der Waals surface area contributed by atoms with Gasteiger partial charge in [0, 0.05) is 12.2 Å². The fourth-order valence-electron chi connectivity index (χ4n) is 1.86. The van der Waals surface area contributed by atoms with Crippen LogP contribution in [0.25, 0.3) is 11.0 Å². The van der Waals surface area contributed by atoms with Crippen molar-refractivity contribution in [3.05, 3.63) is 40.1 Å². The number of H-pyrrole nitrogens is 1. The monoisotopic (exact) mass is 258 g/mol. The second-order valence-corrected chi connectivity index (χ2v) is 5.04. The number of thiophene rings is 1. The lowest BCUT2D eigenvalue weighted by atomic mass is 10.2. The van der Waals surface area contributed by atoms with Crippen molar-refractivity contribution < 1.29 is 0 Å². The number of hydrogen-bond acceptors (Lipinski definition) is 4. The molecule has 3 rings (SSSR count). The maximum atomic E-state index is 5.74. The molecule has 2 heterocycles. The van der Waals surface area contributed by atoms with E-state index in [4.69, 9.17) is 5.73 Å². The average Bonchev–Trinajstić information content (AvgIpc) is 2.92. The van der Waals surface area contributed by atoms with Gasteiger partial charge in [0.15, 0.2) is 0 Å². The van der Waals surface area contributed by atoms with E-state index in [0.29, 0.717) is 0 Å². The largest absolute Gasteiger partial charge is 0.399 e. The Hall–Kier alpha value is -2.01. The molecule has 1 aromatic carbocycles. The lowest BCUT2D eigenvalue weighted by Gasteiger charge is -2.01. The first-order valence-electron chi connectivity index (χ1n) is 5.73. The Balaban J connectivity index is 1.81. The van der Waals surface area contributed by atoms with E-state index in [1.54, 1.807) is 11.3 Å². The molecule has 4 nitrogen and oxygen atoms in total. The number of nitrogens with two attached hydrogens (primary N) is 1. The van der Waals surface area contributed by atoms with Crippen molar-refractivity contribution in [1.82, 2.24) is 9.97 Å². The zero-order valence-corrected chi connectivity index (χ0v) is 10.8. The van der Waals surface area contributed by atoms with Crippen LogP contribution in [0.3, 0.4) is 0 Å². The van der Waals surface area contributed by atoms with Crippen LogP contribution < -0.4 is 11.1 Å². The summed E-state index contributed by atoms with van der Waals surface area (Å²) in [5.74, 6) is 0.779. The van der Waals surface area contributed by atoms with Gasteiger partial charge in [-0.15, -0.1) is 0 Å². The van der Waals surface area contributed by atoms with Crippen molar-refractivity contribution in [2.75, 3.05) is 11.1 Å². The van der Waals surface area contributed by atoms with Crippen molar-refractivity contribution in [2.24, 2.45) is 0 Å². The standard InChI is InChI=1S/C13H14N4S/c1-8-6-18-7-9(8)5-15-13-16-11-3-2-10(14)4-12(11)17-13/h2-4,6-7H,5,14H2,1H3,(H2,15,16,17). The molecule has 2 aromatic heterocycles. The second-order valence-electron chi connectivity index (χ2n) is 4.30. The quantitative estimate of drug-likeness (QED) is 0.632. The Kier molecular flexibility index (Phi) is 2.68. The Bertz CT molecular complexity index is 683. The van der Waals surface area contributed by atoms with Crippen LogP contribution in [0.1, 0.15) is 11.1 Å². The van der Waals surface area contributed by atoms with Crippen molar-refractivity contribution in [3.8, 4) is 0 Å². The summed E-state index contributed by atoms with van der Waals surface area (Å²) < 4.78 is 0. The lowest BCUT2D eigenvalue weighted by Crippen LogP contribution is -2.00. The number of benzene rings is 1. The fourth-order valence-corrected chi connectivity index (χ4v) is 2.71. The molecule has 4 N–H and O–H groups in total. The molecule has 0 saturated carbocycles. The average molecular weight is 258 g/mol. The van der Waals surface area contributed by atoms with Gasteiger partial charge in [-0.2, -0.15) is 11.3 Å². The molecule has 5 heteroatoms. The molecule has 0 bridgehead atoms. The Morgan fingerprint density at radius 2 is 2.28 bits per heavy atom. The molecule has 0 aliphatic carbocycles. The zero-order valence-electron chi connectivity index (χ0n) is 10.0. The minimum absolute atomic E-state index is 0.742. The lowest BCUT2D eigenvalue weighted by molar-refractivity contribution is 1.09. The molecule has 0 amide bonds. The first-order valence-corrected chi connectivity index (χ1v) is 6.67. The summed E-state index contributed by atoms with van der Waals surface area (Å²) >= 11 is 1.72. The molecular formula is C13H14N4S. The Labute approximate surface area is 109 Å². The predicted molar refractivity (Wildman–Crippen MR) is 76.9 cm³/mol. The summed E-state index contributed by atoms with van der Waals surface area (Å²) in [6.45, 7) is 2.90. The molecular weight excluding hydrogens is 244 g/mol. The number of nitrogen functional groups attached to an aromatic ring is 1. The first kappa shape index (κ1) is 11.1. The number of aromatic nitrogens is 2. The minimum Gasteiger partial charge on any atom is -0.399 e. The van der Waals surface area contributed by atoms with E-state index in [0.717, 1.165) is 29.2 Å². The zero-order chi connectivity index (χ0) is 12.5. The molecule has 3 aromatic rings. The van der Waals surface area contributed by atoms with E-state index in [1.165, 1.54) is 11.1 Å². The van der Waals surface area contributed by atoms with E-state index in [1.807, 2.05) is 18.2 Å². The van der Waals surface area contributed by atoms with E-state index in [2.05, 4.69) is 33.0 Å². The van der Waals surface area contributed by atoms with Crippen molar-refractivity contribution in [1.29, 1.82) is 0 Å². The summed E-state index contributed by atoms with van der Waals surface area (Å²) in [6, 6.07) is 5.67. The van der Waals surface area contributed by atoms with Gasteiger partial charge in [-0.1, -0.05) is 0 Å². The van der Waals surface area contributed by atoms with Gasteiger partial charge < -0.3 is 16.0 Å². The number of hydrogen-bond donors (Lipinski definition) is 3. The van der Waals surface area contributed by atoms with Gasteiger partial charge in [0.2, 0.25) is 5.95 Å². The number of rotatable bonds is 3. The van der Waals surface area contributed by atoms with Crippen molar-refractivity contribution >= 4 is 34.0 Å². The van der Waals surface area contributed by atoms with Crippen molar-refractivity contribution in [2.45, 2.75) is 13.5 Å². The van der Waals surface area contributed by atoms with Crippen molar-refractivity contribution in [3.63, 3.8) is 0 Å².